The van der Waals surface area contributed by atoms with E-state index in [2.05, 4.69) is 27.7 Å². The second-order valence-electron chi connectivity index (χ2n) is 3.66. The van der Waals surface area contributed by atoms with Crippen LogP contribution < -0.4 is 0 Å². The minimum Gasteiger partial charge on any atom is -0.145 e. The zero-order chi connectivity index (χ0) is 6.62. The zero-order valence-corrected chi connectivity index (χ0v) is 8.04. The first-order valence-electron chi connectivity index (χ1n) is 3.56. The zero-order valence-electron chi connectivity index (χ0n) is 6.62. The first-order chi connectivity index (χ1) is 3.56. The maximum absolute atomic E-state index is 2.36. The van der Waals surface area contributed by atoms with Crippen LogP contribution in [-0.4, -0.2) is 20.4 Å². The van der Waals surface area contributed by atoms with Gasteiger partial charge in [0.15, 0.2) is 0 Å². The van der Waals surface area contributed by atoms with Gasteiger partial charge >= 0.3 is 20.4 Å². The van der Waals surface area contributed by atoms with Crippen molar-refractivity contribution in [1.29, 1.82) is 0 Å². The molecule has 0 saturated carbocycles. The summed E-state index contributed by atoms with van der Waals surface area (Å²) in [5.74, 6) is 0. The predicted molar refractivity (Wildman–Crippen MR) is 40.6 cm³/mol. The summed E-state index contributed by atoms with van der Waals surface area (Å²) in [4.78, 5) is 0. The van der Waals surface area contributed by atoms with Gasteiger partial charge in [-0.2, -0.15) is 0 Å². The van der Waals surface area contributed by atoms with E-state index < -0.39 is 0 Å². The molecule has 0 aliphatic heterocycles. The normalized spacial score (nSPS) is 11.0. The van der Waals surface area contributed by atoms with Crippen molar-refractivity contribution < 1.29 is 0 Å². The van der Waals surface area contributed by atoms with Crippen LogP contribution in [0.25, 0.3) is 0 Å². The summed E-state index contributed by atoms with van der Waals surface area (Å²) in [5, 5.41) is 0. The summed E-state index contributed by atoms with van der Waals surface area (Å²) in [5.41, 5.74) is 0. The lowest BCUT2D eigenvalue weighted by Gasteiger charge is -2.14. The first kappa shape index (κ1) is 8.77. The standard InChI is InChI=1S/C4H9.C3H7.Mg/c1-4(2)3;1-3-2;/h1-3H3;1,3H2,2H3;. The van der Waals surface area contributed by atoms with Gasteiger partial charge in [0.2, 0.25) is 0 Å². The van der Waals surface area contributed by atoms with E-state index in [1.165, 1.54) is 11.0 Å². The highest BCUT2D eigenvalue weighted by Crippen LogP contribution is 2.21. The first-order valence-corrected chi connectivity index (χ1v) is 5.27. The van der Waals surface area contributed by atoms with Crippen molar-refractivity contribution >= 4 is 20.4 Å². The van der Waals surface area contributed by atoms with Crippen LogP contribution in [0.2, 0.25) is 8.09 Å². The number of hydrogen-bond donors (Lipinski definition) is 0. The molecule has 0 rings (SSSR count). The second-order valence-corrected chi connectivity index (χ2v) is 6.99. The Morgan fingerprint density at radius 3 is 1.88 bits per heavy atom. The highest BCUT2D eigenvalue weighted by atomic mass is 24.5. The van der Waals surface area contributed by atoms with Crippen LogP contribution in [0, 0.1) is 0 Å². The Hall–Kier alpha value is 0.766. The molecule has 0 saturated heterocycles. The van der Waals surface area contributed by atoms with Crippen molar-refractivity contribution in [3.05, 3.63) is 0 Å². The third-order valence-electron chi connectivity index (χ3n) is 1.28. The molecule has 0 atom stereocenters. The fourth-order valence-corrected chi connectivity index (χ4v) is 2.12. The maximum Gasteiger partial charge on any atom is 0.372 e. The SMILES string of the molecule is CC[CH2][Mg][C](C)(C)C. The molecule has 1 heteroatoms. The third kappa shape index (κ3) is 6.77. The summed E-state index contributed by atoms with van der Waals surface area (Å²) >= 11 is 0.250. The van der Waals surface area contributed by atoms with E-state index in [1.807, 2.05) is 0 Å². The van der Waals surface area contributed by atoms with Crippen molar-refractivity contribution in [2.75, 3.05) is 0 Å². The van der Waals surface area contributed by atoms with Gasteiger partial charge in [0.1, 0.15) is 0 Å². The van der Waals surface area contributed by atoms with E-state index in [1.54, 1.807) is 0 Å². The minimum atomic E-state index is 0.250. The quantitative estimate of drug-likeness (QED) is 0.497. The highest BCUT2D eigenvalue weighted by molar-refractivity contribution is 6.39. The Kier molecular flexibility index (Phi) is 4.08. The summed E-state index contributed by atoms with van der Waals surface area (Å²) in [6, 6.07) is 0. The number of rotatable bonds is 2. The van der Waals surface area contributed by atoms with Gasteiger partial charge in [0, 0.05) is 0 Å². The lowest BCUT2D eigenvalue weighted by atomic mass is 10.2. The summed E-state index contributed by atoms with van der Waals surface area (Å²) < 4.78 is 2.21. The van der Waals surface area contributed by atoms with E-state index in [-0.39, 0.29) is 20.4 Å². The third-order valence-corrected chi connectivity index (χ3v) is 3.84. The Morgan fingerprint density at radius 2 is 1.75 bits per heavy atom. The van der Waals surface area contributed by atoms with E-state index in [4.69, 9.17) is 0 Å². The van der Waals surface area contributed by atoms with Gasteiger partial charge < -0.3 is 0 Å². The van der Waals surface area contributed by atoms with Crippen molar-refractivity contribution in [3.8, 4) is 0 Å². The van der Waals surface area contributed by atoms with Crippen LogP contribution in [0.15, 0.2) is 0 Å². The smallest absolute Gasteiger partial charge is 0.145 e. The topological polar surface area (TPSA) is 0 Å². The van der Waals surface area contributed by atoms with Gasteiger partial charge in [-0.3, -0.25) is 0 Å². The molecule has 0 bridgehead atoms. The van der Waals surface area contributed by atoms with Gasteiger partial charge in [-0.15, -0.1) is 8.09 Å². The molecule has 0 aromatic carbocycles. The van der Waals surface area contributed by atoms with Crippen LogP contribution in [0.3, 0.4) is 0 Å². The van der Waals surface area contributed by atoms with Gasteiger partial charge in [0.25, 0.3) is 0 Å². The Bertz CT molecular complexity index is 51.9. The van der Waals surface area contributed by atoms with E-state index >= 15 is 0 Å². The molecule has 0 spiro atoms. The lowest BCUT2D eigenvalue weighted by molar-refractivity contribution is 0.745. The van der Waals surface area contributed by atoms with Crippen LogP contribution in [-0.2, 0) is 0 Å². The summed E-state index contributed by atoms with van der Waals surface area (Å²) in [6.45, 7) is 9.34. The molecule has 0 radical (unpaired) electrons. The largest absolute Gasteiger partial charge is 0.372 e. The van der Waals surface area contributed by atoms with Crippen LogP contribution in [0.4, 0.5) is 0 Å². The van der Waals surface area contributed by atoms with Gasteiger partial charge in [-0.1, -0.05) is 34.1 Å². The van der Waals surface area contributed by atoms with Crippen molar-refractivity contribution in [2.24, 2.45) is 0 Å². The van der Waals surface area contributed by atoms with Gasteiger partial charge in [-0.05, 0) is 0 Å². The van der Waals surface area contributed by atoms with Crippen molar-refractivity contribution in [1.82, 2.24) is 0 Å². The Morgan fingerprint density at radius 1 is 1.25 bits per heavy atom. The molecular formula is C7H16Mg. The molecular weight excluding hydrogens is 108 g/mol. The summed E-state index contributed by atoms with van der Waals surface area (Å²) in [7, 11) is 0. The molecule has 0 amide bonds. The average Bonchev–Trinajstić information content (AvgIpc) is 1.59. The molecule has 8 heavy (non-hydrogen) atoms. The van der Waals surface area contributed by atoms with Crippen LogP contribution >= 0.6 is 0 Å². The van der Waals surface area contributed by atoms with E-state index in [0.29, 0.717) is 3.54 Å². The maximum atomic E-state index is 2.36. The summed E-state index contributed by atoms with van der Waals surface area (Å²) in [6.07, 6.45) is 1.39. The van der Waals surface area contributed by atoms with E-state index in [9.17, 15) is 0 Å². The molecule has 0 aromatic rings. The number of hydrogen-bond acceptors (Lipinski definition) is 0. The minimum absolute atomic E-state index is 0.250. The van der Waals surface area contributed by atoms with Crippen molar-refractivity contribution in [2.45, 2.75) is 42.2 Å². The van der Waals surface area contributed by atoms with Crippen molar-refractivity contribution in [3.63, 3.8) is 0 Å². The molecule has 0 nitrogen and oxygen atoms in total. The fraction of sp³-hybridized carbons (Fsp3) is 1.00. The Balaban J connectivity index is 3.11. The predicted octanol–water partition coefficient (Wildman–Crippen LogP) is 2.74. The van der Waals surface area contributed by atoms with Crippen LogP contribution in [0.5, 0.6) is 0 Å². The molecule has 0 aliphatic carbocycles. The fourth-order valence-electron chi connectivity index (χ4n) is 0.707. The molecule has 0 fully saturated rings. The Labute approximate surface area is 62.8 Å². The monoisotopic (exact) mass is 124 g/mol. The average molecular weight is 125 g/mol. The second kappa shape index (κ2) is 3.73. The molecule has 0 unspecified atom stereocenters. The van der Waals surface area contributed by atoms with Gasteiger partial charge in [-0.25, -0.2) is 0 Å². The van der Waals surface area contributed by atoms with Gasteiger partial charge in [0.05, 0.1) is 0 Å². The molecule has 46 valence electrons. The lowest BCUT2D eigenvalue weighted by Crippen LogP contribution is -2.06. The molecule has 0 aliphatic rings. The van der Waals surface area contributed by atoms with Crippen LogP contribution in [0.1, 0.15) is 34.1 Å². The van der Waals surface area contributed by atoms with E-state index in [0.717, 1.165) is 0 Å². The molecule has 0 N–H and O–H groups in total. The molecule has 0 aromatic heterocycles. The highest BCUT2D eigenvalue weighted by Gasteiger charge is 2.11. The molecule has 0 heterocycles.